The minimum atomic E-state index is -0.254. The third-order valence-corrected chi connectivity index (χ3v) is 5.61. The van der Waals surface area contributed by atoms with Gasteiger partial charge in [0.1, 0.15) is 5.01 Å². The number of likely N-dealkylation sites (tertiary alicyclic amines) is 1. The molecule has 1 aliphatic rings. The van der Waals surface area contributed by atoms with Crippen LogP contribution in [0.1, 0.15) is 52.5 Å². The number of anilines is 1. The van der Waals surface area contributed by atoms with Gasteiger partial charge in [0.25, 0.3) is 5.91 Å². The molecule has 3 rings (SSSR count). The number of aromatic nitrogens is 2. The van der Waals surface area contributed by atoms with Gasteiger partial charge in [0.2, 0.25) is 5.01 Å². The van der Waals surface area contributed by atoms with Gasteiger partial charge < -0.3 is 15.5 Å². The van der Waals surface area contributed by atoms with E-state index in [2.05, 4.69) is 20.8 Å². The third kappa shape index (κ3) is 5.03. The average molecular weight is 388 g/mol. The van der Waals surface area contributed by atoms with Crippen LogP contribution in [-0.2, 0) is 0 Å². The molecule has 3 amide bonds. The van der Waals surface area contributed by atoms with Crippen molar-refractivity contribution in [1.82, 2.24) is 20.4 Å². The van der Waals surface area contributed by atoms with Crippen LogP contribution in [0.25, 0.3) is 0 Å². The Morgan fingerprint density at radius 3 is 2.78 bits per heavy atom. The van der Waals surface area contributed by atoms with Crippen LogP contribution in [0.15, 0.2) is 24.3 Å². The summed E-state index contributed by atoms with van der Waals surface area (Å²) in [7, 11) is 0. The Balaban J connectivity index is 1.61. The molecule has 1 saturated heterocycles. The van der Waals surface area contributed by atoms with Crippen molar-refractivity contribution in [1.29, 1.82) is 0 Å². The predicted molar refractivity (Wildman–Crippen MR) is 106 cm³/mol. The maximum Gasteiger partial charge on any atom is 0.317 e. The summed E-state index contributed by atoms with van der Waals surface area (Å²) >= 11 is 1.31. The third-order valence-electron chi connectivity index (χ3n) is 4.53. The number of aryl methyl sites for hydroxylation is 1. The molecular weight excluding hydrogens is 362 g/mol. The standard InChI is InChI=1S/C19H25N5O2S/c1-3-10-20-19(26)24-11-4-5-14(12-24)17-22-23-18(27-17)16(25)21-15-8-6-13(2)7-9-15/h6-9,14H,3-5,10-12H2,1-2H3,(H,20,26)(H,21,25)/t14-/m1/s1. The van der Waals surface area contributed by atoms with Crippen molar-refractivity contribution in [2.45, 2.75) is 39.0 Å². The van der Waals surface area contributed by atoms with Crippen molar-refractivity contribution in [3.63, 3.8) is 0 Å². The van der Waals surface area contributed by atoms with E-state index in [1.807, 2.05) is 43.0 Å². The molecule has 1 atom stereocenters. The minimum Gasteiger partial charge on any atom is -0.338 e. The molecule has 0 spiro atoms. The van der Waals surface area contributed by atoms with Crippen molar-refractivity contribution >= 4 is 29.0 Å². The van der Waals surface area contributed by atoms with Crippen LogP contribution < -0.4 is 10.6 Å². The second kappa shape index (κ2) is 8.94. The highest BCUT2D eigenvalue weighted by molar-refractivity contribution is 7.13. The number of nitrogens with zero attached hydrogens (tertiary/aromatic N) is 3. The molecule has 8 heteroatoms. The summed E-state index contributed by atoms with van der Waals surface area (Å²) in [6.45, 7) is 6.08. The first-order valence-electron chi connectivity index (χ1n) is 9.31. The Morgan fingerprint density at radius 2 is 2.04 bits per heavy atom. The van der Waals surface area contributed by atoms with E-state index in [4.69, 9.17) is 0 Å². The maximum atomic E-state index is 12.4. The lowest BCUT2D eigenvalue weighted by atomic mass is 9.99. The zero-order valence-corrected chi connectivity index (χ0v) is 16.5. The fourth-order valence-corrected chi connectivity index (χ4v) is 3.88. The highest BCUT2D eigenvalue weighted by atomic mass is 32.1. The Kier molecular flexibility index (Phi) is 6.39. The average Bonchev–Trinajstić information content (AvgIpc) is 3.18. The second-order valence-corrected chi connectivity index (χ2v) is 7.79. The van der Waals surface area contributed by atoms with Gasteiger partial charge in [-0.25, -0.2) is 4.79 Å². The summed E-state index contributed by atoms with van der Waals surface area (Å²) in [4.78, 5) is 26.4. The largest absolute Gasteiger partial charge is 0.338 e. The predicted octanol–water partition coefficient (Wildman–Crippen LogP) is 3.40. The Labute approximate surface area is 163 Å². The molecule has 1 aliphatic heterocycles. The SMILES string of the molecule is CCCNC(=O)N1CCC[C@@H](c2nnc(C(=O)Nc3ccc(C)cc3)s2)C1. The zero-order valence-electron chi connectivity index (χ0n) is 15.7. The monoisotopic (exact) mass is 387 g/mol. The van der Waals surface area contributed by atoms with E-state index in [1.54, 1.807) is 0 Å². The highest BCUT2D eigenvalue weighted by Gasteiger charge is 2.28. The van der Waals surface area contributed by atoms with Crippen LogP contribution in [0.2, 0.25) is 0 Å². The quantitative estimate of drug-likeness (QED) is 0.823. The van der Waals surface area contributed by atoms with Crippen LogP contribution in [0.5, 0.6) is 0 Å². The molecule has 2 N–H and O–H groups in total. The van der Waals surface area contributed by atoms with Crippen molar-refractivity contribution in [2.24, 2.45) is 0 Å². The molecular formula is C19H25N5O2S. The Bertz CT molecular complexity index is 790. The smallest absolute Gasteiger partial charge is 0.317 e. The number of amides is 3. The van der Waals surface area contributed by atoms with Gasteiger partial charge in [0, 0.05) is 31.2 Å². The molecule has 0 radical (unpaired) electrons. The summed E-state index contributed by atoms with van der Waals surface area (Å²) < 4.78 is 0. The van der Waals surface area contributed by atoms with Crippen LogP contribution in [-0.4, -0.2) is 46.7 Å². The van der Waals surface area contributed by atoms with Gasteiger partial charge >= 0.3 is 6.03 Å². The van der Waals surface area contributed by atoms with Gasteiger partial charge in [0.15, 0.2) is 0 Å². The lowest BCUT2D eigenvalue weighted by molar-refractivity contribution is 0.102. The first-order chi connectivity index (χ1) is 13.1. The fourth-order valence-electron chi connectivity index (χ4n) is 3.02. The number of nitrogens with one attached hydrogen (secondary N) is 2. The first-order valence-corrected chi connectivity index (χ1v) is 10.1. The van der Waals surface area contributed by atoms with Crippen molar-refractivity contribution in [3.05, 3.63) is 39.8 Å². The number of carbonyl (C=O) groups excluding carboxylic acids is 2. The molecule has 144 valence electrons. The summed E-state index contributed by atoms with van der Waals surface area (Å²) in [6, 6.07) is 7.60. The van der Waals surface area contributed by atoms with Crippen molar-refractivity contribution in [2.75, 3.05) is 25.0 Å². The number of piperidine rings is 1. The first kappa shape index (κ1) is 19.3. The number of benzene rings is 1. The Morgan fingerprint density at radius 1 is 1.26 bits per heavy atom. The number of hydrogen-bond acceptors (Lipinski definition) is 5. The van der Waals surface area contributed by atoms with Crippen LogP contribution in [0, 0.1) is 6.92 Å². The van der Waals surface area contributed by atoms with E-state index in [1.165, 1.54) is 11.3 Å². The number of urea groups is 1. The molecule has 7 nitrogen and oxygen atoms in total. The Hall–Kier alpha value is -2.48. The summed E-state index contributed by atoms with van der Waals surface area (Å²) in [5.74, 6) is -0.125. The molecule has 0 saturated carbocycles. The molecule has 0 aliphatic carbocycles. The van der Waals surface area contributed by atoms with Crippen molar-refractivity contribution in [3.8, 4) is 0 Å². The molecule has 1 aromatic heterocycles. The topological polar surface area (TPSA) is 87.2 Å². The zero-order chi connectivity index (χ0) is 19.2. The lowest BCUT2D eigenvalue weighted by Crippen LogP contribution is -2.45. The van der Waals surface area contributed by atoms with Gasteiger partial charge in [0.05, 0.1) is 0 Å². The molecule has 1 fully saturated rings. The van der Waals surface area contributed by atoms with Crippen LogP contribution in [0.3, 0.4) is 0 Å². The van der Waals surface area contributed by atoms with E-state index >= 15 is 0 Å². The van der Waals surface area contributed by atoms with Gasteiger partial charge in [-0.1, -0.05) is 36.0 Å². The van der Waals surface area contributed by atoms with Crippen LogP contribution >= 0.6 is 11.3 Å². The van der Waals surface area contributed by atoms with Gasteiger partial charge in [-0.05, 0) is 38.3 Å². The summed E-state index contributed by atoms with van der Waals surface area (Å²) in [5, 5.41) is 15.2. The molecule has 2 heterocycles. The summed E-state index contributed by atoms with van der Waals surface area (Å²) in [5.41, 5.74) is 1.87. The van der Waals surface area contributed by atoms with Gasteiger partial charge in [-0.3, -0.25) is 4.79 Å². The van der Waals surface area contributed by atoms with E-state index in [0.29, 0.717) is 18.1 Å². The molecule has 27 heavy (non-hydrogen) atoms. The van der Waals surface area contributed by atoms with E-state index in [9.17, 15) is 9.59 Å². The molecule has 0 unspecified atom stereocenters. The van der Waals surface area contributed by atoms with E-state index in [-0.39, 0.29) is 17.9 Å². The normalized spacial score (nSPS) is 16.8. The van der Waals surface area contributed by atoms with Crippen LogP contribution in [0.4, 0.5) is 10.5 Å². The number of rotatable bonds is 5. The van der Waals surface area contributed by atoms with Gasteiger partial charge in [-0.15, -0.1) is 10.2 Å². The number of carbonyl (C=O) groups is 2. The fraction of sp³-hybridized carbons (Fsp3) is 0.474. The van der Waals surface area contributed by atoms with Gasteiger partial charge in [-0.2, -0.15) is 0 Å². The molecule has 0 bridgehead atoms. The maximum absolute atomic E-state index is 12.4. The van der Waals surface area contributed by atoms with Crippen molar-refractivity contribution < 1.29 is 9.59 Å². The van der Waals surface area contributed by atoms with E-state index in [0.717, 1.165) is 42.1 Å². The minimum absolute atomic E-state index is 0.0246. The summed E-state index contributed by atoms with van der Waals surface area (Å²) in [6.07, 6.45) is 2.79. The number of hydrogen-bond donors (Lipinski definition) is 2. The second-order valence-electron chi connectivity index (χ2n) is 6.78. The molecule has 1 aromatic carbocycles. The highest BCUT2D eigenvalue weighted by Crippen LogP contribution is 2.29. The lowest BCUT2D eigenvalue weighted by Gasteiger charge is -2.31. The molecule has 2 aromatic rings. The van der Waals surface area contributed by atoms with E-state index < -0.39 is 0 Å².